The highest BCUT2D eigenvalue weighted by molar-refractivity contribution is 5.83. The molecule has 3 N–H and O–H groups in total. The SMILES string of the molecule is COC1(CNC(=O)C23CCC(c4ccc(OC/C(=C/F)CN)cc4)(CC2)CC3)CCC1. The van der Waals surface area contributed by atoms with E-state index in [1.165, 1.54) is 12.0 Å². The molecule has 0 heterocycles. The number of nitrogens with one attached hydrogen (secondary N) is 1. The smallest absolute Gasteiger partial charge is 0.226 e. The van der Waals surface area contributed by atoms with Crippen molar-refractivity contribution in [3.05, 3.63) is 41.7 Å². The summed E-state index contributed by atoms with van der Waals surface area (Å²) in [6.45, 7) is 0.957. The number of carbonyl (C=O) groups is 1. The molecule has 1 amide bonds. The Bertz CT molecular complexity index is 787. The van der Waals surface area contributed by atoms with Crippen molar-refractivity contribution in [2.75, 3.05) is 26.8 Å². The molecule has 170 valence electrons. The first-order valence-electron chi connectivity index (χ1n) is 11.5. The number of hydrogen-bond donors (Lipinski definition) is 2. The lowest BCUT2D eigenvalue weighted by Crippen LogP contribution is -2.55. The number of fused-ring (bicyclic) bond motifs is 3. The van der Waals surface area contributed by atoms with Gasteiger partial charge in [0, 0.05) is 31.2 Å². The lowest BCUT2D eigenvalue weighted by atomic mass is 9.51. The summed E-state index contributed by atoms with van der Waals surface area (Å²) in [4.78, 5) is 13.1. The average Bonchev–Trinajstić information content (AvgIpc) is 2.81. The van der Waals surface area contributed by atoms with Crippen molar-refractivity contribution in [3.8, 4) is 5.75 Å². The van der Waals surface area contributed by atoms with Crippen LogP contribution in [-0.4, -0.2) is 38.3 Å². The molecule has 4 fully saturated rings. The van der Waals surface area contributed by atoms with Gasteiger partial charge in [0.1, 0.15) is 12.4 Å². The van der Waals surface area contributed by atoms with Crippen molar-refractivity contribution in [2.45, 2.75) is 68.8 Å². The summed E-state index contributed by atoms with van der Waals surface area (Å²) in [5.41, 5.74) is 7.05. The zero-order valence-corrected chi connectivity index (χ0v) is 18.6. The molecule has 4 aliphatic carbocycles. The first-order chi connectivity index (χ1) is 15.0. The number of carbonyl (C=O) groups excluding carboxylic acids is 1. The number of halogens is 1. The van der Waals surface area contributed by atoms with Crippen molar-refractivity contribution in [2.24, 2.45) is 11.1 Å². The maximum atomic E-state index is 13.1. The molecule has 0 aromatic heterocycles. The van der Waals surface area contributed by atoms with E-state index in [-0.39, 0.29) is 35.5 Å². The molecule has 0 spiro atoms. The Morgan fingerprint density at radius 3 is 2.23 bits per heavy atom. The van der Waals surface area contributed by atoms with E-state index < -0.39 is 0 Å². The Hall–Kier alpha value is -1.92. The number of ether oxygens (including phenoxy) is 2. The predicted octanol–water partition coefficient (Wildman–Crippen LogP) is 4.15. The summed E-state index contributed by atoms with van der Waals surface area (Å²) < 4.78 is 23.9. The summed E-state index contributed by atoms with van der Waals surface area (Å²) in [7, 11) is 1.75. The van der Waals surface area contributed by atoms with E-state index in [0.717, 1.165) is 57.1 Å². The van der Waals surface area contributed by atoms with E-state index in [2.05, 4.69) is 17.4 Å². The molecule has 5 rings (SSSR count). The largest absolute Gasteiger partial charge is 0.489 e. The lowest BCUT2D eigenvalue weighted by molar-refractivity contribution is -0.141. The molecule has 0 aliphatic heterocycles. The van der Waals surface area contributed by atoms with Gasteiger partial charge in [0.25, 0.3) is 0 Å². The minimum atomic E-state index is -0.208. The van der Waals surface area contributed by atoms with Crippen LogP contribution in [0.4, 0.5) is 4.39 Å². The van der Waals surface area contributed by atoms with Crippen molar-refractivity contribution < 1.29 is 18.7 Å². The molecule has 0 saturated heterocycles. The Kier molecular flexibility index (Phi) is 6.40. The first-order valence-corrected chi connectivity index (χ1v) is 11.5. The molecular formula is C25H35FN2O3. The molecule has 1 aromatic carbocycles. The predicted molar refractivity (Wildman–Crippen MR) is 119 cm³/mol. The Morgan fingerprint density at radius 2 is 1.74 bits per heavy atom. The van der Waals surface area contributed by atoms with Crippen molar-refractivity contribution in [1.29, 1.82) is 0 Å². The van der Waals surface area contributed by atoms with Gasteiger partial charge >= 0.3 is 0 Å². The zero-order chi connectivity index (χ0) is 22.0. The van der Waals surface area contributed by atoms with Gasteiger partial charge < -0.3 is 20.5 Å². The number of nitrogens with two attached hydrogens (primary N) is 1. The van der Waals surface area contributed by atoms with Gasteiger partial charge in [-0.25, -0.2) is 4.39 Å². The quantitative estimate of drug-likeness (QED) is 0.617. The normalized spacial score (nSPS) is 29.3. The first kappa shape index (κ1) is 22.3. The van der Waals surface area contributed by atoms with Crippen LogP contribution < -0.4 is 15.8 Å². The Morgan fingerprint density at radius 1 is 1.10 bits per heavy atom. The molecule has 5 nitrogen and oxygen atoms in total. The standard InChI is InChI=1S/C25H35FN2O3/c1-30-25(7-2-8-25)18-28-22(29)24-12-9-23(10-13-24,11-14-24)20-3-5-21(6-4-20)31-17-19(15-26)16-27/h3-6,15H,2,7-14,16-18,27H2,1H3,(H,28,29)/b19-15+. The van der Waals surface area contributed by atoms with E-state index in [0.29, 0.717) is 18.4 Å². The number of methoxy groups -OCH3 is 1. The van der Waals surface area contributed by atoms with Gasteiger partial charge in [0.05, 0.1) is 11.9 Å². The van der Waals surface area contributed by atoms with Crippen LogP contribution >= 0.6 is 0 Å². The van der Waals surface area contributed by atoms with E-state index in [9.17, 15) is 9.18 Å². The van der Waals surface area contributed by atoms with Crippen LogP contribution in [0, 0.1) is 5.41 Å². The minimum absolute atomic E-state index is 0.131. The second-order valence-electron chi connectivity index (χ2n) is 9.77. The van der Waals surface area contributed by atoms with Crippen LogP contribution in [-0.2, 0) is 14.9 Å². The topological polar surface area (TPSA) is 73.6 Å². The van der Waals surface area contributed by atoms with Crippen molar-refractivity contribution in [1.82, 2.24) is 5.32 Å². The summed E-state index contributed by atoms with van der Waals surface area (Å²) in [5.74, 6) is 0.945. The minimum Gasteiger partial charge on any atom is -0.489 e. The van der Waals surface area contributed by atoms with Crippen LogP contribution in [0.5, 0.6) is 5.75 Å². The third kappa shape index (κ3) is 4.24. The van der Waals surface area contributed by atoms with Crippen LogP contribution in [0.3, 0.4) is 0 Å². The third-order valence-electron chi connectivity index (χ3n) is 8.30. The zero-order valence-electron chi connectivity index (χ0n) is 18.6. The summed E-state index contributed by atoms with van der Waals surface area (Å²) in [6, 6.07) is 8.19. The molecule has 31 heavy (non-hydrogen) atoms. The van der Waals surface area contributed by atoms with Gasteiger partial charge in [-0.3, -0.25) is 4.79 Å². The van der Waals surface area contributed by atoms with Gasteiger partial charge in [-0.15, -0.1) is 0 Å². The van der Waals surface area contributed by atoms with Gasteiger partial charge in [-0.2, -0.15) is 0 Å². The van der Waals surface area contributed by atoms with E-state index in [1.807, 2.05) is 12.1 Å². The van der Waals surface area contributed by atoms with Crippen LogP contribution in [0.2, 0.25) is 0 Å². The highest BCUT2D eigenvalue weighted by atomic mass is 19.1. The van der Waals surface area contributed by atoms with Gasteiger partial charge in [0.15, 0.2) is 0 Å². The molecule has 1 aromatic rings. The van der Waals surface area contributed by atoms with Gasteiger partial charge in [0.2, 0.25) is 5.91 Å². The van der Waals surface area contributed by atoms with E-state index >= 15 is 0 Å². The fourth-order valence-corrected chi connectivity index (χ4v) is 5.63. The van der Waals surface area contributed by atoms with Crippen molar-refractivity contribution >= 4 is 5.91 Å². The fraction of sp³-hybridized carbons (Fsp3) is 0.640. The maximum Gasteiger partial charge on any atom is 0.226 e. The number of hydrogen-bond acceptors (Lipinski definition) is 4. The highest BCUT2D eigenvalue weighted by Gasteiger charge is 2.53. The van der Waals surface area contributed by atoms with E-state index in [4.69, 9.17) is 15.2 Å². The second-order valence-corrected chi connectivity index (χ2v) is 9.77. The van der Waals surface area contributed by atoms with Crippen LogP contribution in [0.1, 0.15) is 63.4 Å². The highest BCUT2D eigenvalue weighted by Crippen LogP contribution is 2.58. The van der Waals surface area contributed by atoms with Gasteiger partial charge in [-0.1, -0.05) is 12.1 Å². The number of amides is 1. The maximum absolute atomic E-state index is 13.1. The average molecular weight is 431 g/mol. The lowest BCUT2D eigenvalue weighted by Gasteiger charge is -2.53. The van der Waals surface area contributed by atoms with Crippen molar-refractivity contribution in [3.63, 3.8) is 0 Å². The molecular weight excluding hydrogens is 395 g/mol. The third-order valence-corrected chi connectivity index (χ3v) is 8.30. The summed E-state index contributed by atoms with van der Waals surface area (Å²) >= 11 is 0. The molecule has 0 atom stereocenters. The summed E-state index contributed by atoms with van der Waals surface area (Å²) in [5, 5.41) is 3.23. The Balaban J connectivity index is 1.34. The molecule has 4 saturated carbocycles. The second kappa shape index (κ2) is 8.91. The molecule has 4 aliphatic rings. The summed E-state index contributed by atoms with van der Waals surface area (Å²) in [6.07, 6.45) is 9.72. The number of rotatable bonds is 9. The van der Waals surface area contributed by atoms with Crippen LogP contribution in [0.25, 0.3) is 0 Å². The van der Waals surface area contributed by atoms with Crippen LogP contribution in [0.15, 0.2) is 36.2 Å². The fourth-order valence-electron chi connectivity index (χ4n) is 5.63. The number of benzene rings is 1. The van der Waals surface area contributed by atoms with E-state index in [1.54, 1.807) is 7.11 Å². The monoisotopic (exact) mass is 430 g/mol. The van der Waals surface area contributed by atoms with Gasteiger partial charge in [-0.05, 0) is 80.9 Å². The molecule has 0 radical (unpaired) electrons. The molecule has 6 heteroatoms. The molecule has 0 unspecified atom stereocenters. The molecule has 2 bridgehead atoms. The Labute approximate surface area is 184 Å².